The third-order valence-electron chi connectivity index (χ3n) is 6.14. The molecule has 0 aliphatic heterocycles. The highest BCUT2D eigenvalue weighted by Gasteiger charge is 2.33. The van der Waals surface area contributed by atoms with Gasteiger partial charge in [0.1, 0.15) is 18.1 Å². The number of carbonyl (C=O) groups is 2. The lowest BCUT2D eigenvalue weighted by atomic mass is 10.2. The maximum absolute atomic E-state index is 13.4. The molecule has 234 valence electrons. The first-order valence-corrected chi connectivity index (χ1v) is 14.6. The Bertz CT molecular complexity index is 1780. The highest BCUT2D eigenvalue weighted by atomic mass is 32.2. The molecule has 4 rings (SSSR count). The van der Waals surface area contributed by atoms with Crippen molar-refractivity contribution in [3.8, 4) is 5.75 Å². The zero-order valence-electron chi connectivity index (χ0n) is 23.6. The standard InChI is InChI=1S/C31H26F4N4O5S/c1-21-5-15-28(16-6-21)45(42,43)39(26-4-2-3-23(17-26)31(33,34)35)19-29(40)38-36-18-22-7-13-27(14-8-22)44-20-30(41)37-25-11-9-24(32)10-12-25/h2-18H,19-20H2,1H3,(H,37,41)(H,38,40)/b36-18-. The summed E-state index contributed by atoms with van der Waals surface area (Å²) in [7, 11) is -4.45. The second kappa shape index (κ2) is 14.0. The molecule has 2 N–H and O–H groups in total. The van der Waals surface area contributed by atoms with E-state index >= 15 is 0 Å². The fourth-order valence-electron chi connectivity index (χ4n) is 3.86. The molecule has 4 aromatic carbocycles. The van der Waals surface area contributed by atoms with E-state index in [9.17, 15) is 35.6 Å². The molecule has 0 atom stereocenters. The fraction of sp³-hybridized carbons (Fsp3) is 0.129. The summed E-state index contributed by atoms with van der Waals surface area (Å²) in [5.41, 5.74) is 2.42. The highest BCUT2D eigenvalue weighted by molar-refractivity contribution is 7.92. The zero-order valence-corrected chi connectivity index (χ0v) is 24.4. The summed E-state index contributed by atoms with van der Waals surface area (Å²) in [6.45, 7) is 0.569. The summed E-state index contributed by atoms with van der Waals surface area (Å²) in [5, 5.41) is 6.37. The van der Waals surface area contributed by atoms with Gasteiger partial charge in [0.2, 0.25) is 0 Å². The highest BCUT2D eigenvalue weighted by Crippen LogP contribution is 2.33. The van der Waals surface area contributed by atoms with Crippen LogP contribution in [0.1, 0.15) is 16.7 Å². The van der Waals surface area contributed by atoms with Crippen LogP contribution >= 0.6 is 0 Å². The summed E-state index contributed by atoms with van der Waals surface area (Å²) in [4.78, 5) is 24.6. The van der Waals surface area contributed by atoms with Gasteiger partial charge in [0.25, 0.3) is 21.8 Å². The van der Waals surface area contributed by atoms with Crippen LogP contribution in [0.25, 0.3) is 0 Å². The van der Waals surface area contributed by atoms with E-state index in [-0.39, 0.29) is 17.2 Å². The van der Waals surface area contributed by atoms with Crippen LogP contribution in [0, 0.1) is 12.7 Å². The lowest BCUT2D eigenvalue weighted by Crippen LogP contribution is -2.39. The number of anilines is 2. The minimum atomic E-state index is -4.74. The topological polar surface area (TPSA) is 117 Å². The van der Waals surface area contributed by atoms with E-state index in [0.717, 1.165) is 23.8 Å². The maximum atomic E-state index is 13.4. The largest absolute Gasteiger partial charge is 0.484 e. The zero-order chi connectivity index (χ0) is 32.6. The van der Waals surface area contributed by atoms with Gasteiger partial charge in [0.05, 0.1) is 22.4 Å². The van der Waals surface area contributed by atoms with E-state index in [1.165, 1.54) is 66.9 Å². The Morgan fingerprint density at radius 3 is 2.22 bits per heavy atom. The molecule has 0 aromatic heterocycles. The van der Waals surface area contributed by atoms with E-state index in [2.05, 4.69) is 15.8 Å². The van der Waals surface area contributed by atoms with Crippen molar-refractivity contribution >= 4 is 39.4 Å². The summed E-state index contributed by atoms with van der Waals surface area (Å²) in [6.07, 6.45) is -3.48. The Morgan fingerprint density at radius 1 is 0.911 bits per heavy atom. The van der Waals surface area contributed by atoms with Gasteiger partial charge in [-0.1, -0.05) is 23.8 Å². The monoisotopic (exact) mass is 642 g/mol. The lowest BCUT2D eigenvalue weighted by molar-refractivity contribution is -0.137. The van der Waals surface area contributed by atoms with E-state index in [1.54, 1.807) is 19.1 Å². The number of sulfonamides is 1. The number of carbonyl (C=O) groups excluding carboxylic acids is 2. The molecule has 0 radical (unpaired) electrons. The number of hydrazone groups is 1. The molecule has 0 fully saturated rings. The number of hydrogen-bond donors (Lipinski definition) is 2. The lowest BCUT2D eigenvalue weighted by Gasteiger charge is -2.24. The molecule has 9 nitrogen and oxygen atoms in total. The van der Waals surface area contributed by atoms with Crippen molar-refractivity contribution in [2.75, 3.05) is 22.8 Å². The molecule has 0 saturated heterocycles. The van der Waals surface area contributed by atoms with Crippen LogP contribution in [0.5, 0.6) is 5.75 Å². The fourth-order valence-corrected chi connectivity index (χ4v) is 5.28. The molecule has 0 heterocycles. The Hall–Kier alpha value is -5.24. The average molecular weight is 643 g/mol. The van der Waals surface area contributed by atoms with Crippen LogP contribution < -0.4 is 19.8 Å². The first-order valence-electron chi connectivity index (χ1n) is 13.2. The SMILES string of the molecule is Cc1ccc(S(=O)(=O)N(CC(=O)N/N=C\c2ccc(OCC(=O)Nc3ccc(F)cc3)cc2)c2cccc(C(F)(F)F)c2)cc1. The van der Waals surface area contributed by atoms with Crippen LogP contribution in [0.2, 0.25) is 0 Å². The molecule has 0 unspecified atom stereocenters. The molecule has 0 saturated carbocycles. The number of ether oxygens (including phenoxy) is 1. The number of amides is 2. The number of nitrogens with zero attached hydrogens (tertiary/aromatic N) is 2. The number of halogens is 4. The van der Waals surface area contributed by atoms with Gasteiger partial charge in [-0.3, -0.25) is 13.9 Å². The predicted octanol–water partition coefficient (Wildman–Crippen LogP) is 5.52. The Balaban J connectivity index is 1.40. The Labute approximate surface area is 256 Å². The van der Waals surface area contributed by atoms with Crippen LogP contribution in [0.15, 0.2) is 107 Å². The van der Waals surface area contributed by atoms with Gasteiger partial charge in [-0.15, -0.1) is 0 Å². The summed E-state index contributed by atoms with van der Waals surface area (Å²) >= 11 is 0. The van der Waals surface area contributed by atoms with Crippen molar-refractivity contribution in [3.05, 3.63) is 120 Å². The van der Waals surface area contributed by atoms with Crippen LogP contribution in [-0.2, 0) is 25.8 Å². The van der Waals surface area contributed by atoms with Crippen molar-refractivity contribution in [3.63, 3.8) is 0 Å². The predicted molar refractivity (Wildman–Crippen MR) is 160 cm³/mol. The molecule has 0 spiro atoms. The third kappa shape index (κ3) is 9.13. The number of alkyl halides is 3. The Kier molecular flexibility index (Phi) is 10.2. The molecule has 2 amide bonds. The van der Waals surface area contributed by atoms with Gasteiger partial charge in [-0.25, -0.2) is 18.2 Å². The molecule has 0 aliphatic carbocycles. The number of aryl methyl sites for hydroxylation is 1. The van der Waals surface area contributed by atoms with Crippen molar-refractivity contribution in [2.24, 2.45) is 5.10 Å². The summed E-state index contributed by atoms with van der Waals surface area (Å²) in [6, 6.07) is 20.8. The summed E-state index contributed by atoms with van der Waals surface area (Å²) < 4.78 is 86.0. The maximum Gasteiger partial charge on any atom is 0.416 e. The minimum absolute atomic E-state index is 0.211. The molecule has 4 aromatic rings. The Morgan fingerprint density at radius 2 is 1.58 bits per heavy atom. The molecule has 0 aliphatic rings. The van der Waals surface area contributed by atoms with Gasteiger partial charge in [0.15, 0.2) is 6.61 Å². The number of hydrogen-bond acceptors (Lipinski definition) is 6. The second-order valence-electron chi connectivity index (χ2n) is 9.58. The number of nitrogens with one attached hydrogen (secondary N) is 2. The van der Waals surface area contributed by atoms with E-state index in [4.69, 9.17) is 4.74 Å². The van der Waals surface area contributed by atoms with Gasteiger partial charge in [-0.2, -0.15) is 18.3 Å². The van der Waals surface area contributed by atoms with Gasteiger partial charge < -0.3 is 10.1 Å². The van der Waals surface area contributed by atoms with E-state index < -0.39 is 45.9 Å². The number of benzene rings is 4. The van der Waals surface area contributed by atoms with Crippen molar-refractivity contribution in [1.29, 1.82) is 0 Å². The second-order valence-corrected chi connectivity index (χ2v) is 11.4. The first-order chi connectivity index (χ1) is 21.3. The number of rotatable bonds is 11. The van der Waals surface area contributed by atoms with Crippen molar-refractivity contribution in [1.82, 2.24) is 5.43 Å². The van der Waals surface area contributed by atoms with E-state index in [0.29, 0.717) is 27.4 Å². The molecular formula is C31H26F4N4O5S. The third-order valence-corrected chi connectivity index (χ3v) is 7.93. The minimum Gasteiger partial charge on any atom is -0.484 e. The molecule has 0 bridgehead atoms. The average Bonchev–Trinajstić information content (AvgIpc) is 3.00. The van der Waals surface area contributed by atoms with Gasteiger partial charge >= 0.3 is 6.18 Å². The van der Waals surface area contributed by atoms with E-state index in [1.807, 2.05) is 0 Å². The normalized spacial score (nSPS) is 11.7. The molecule has 14 heteroatoms. The first kappa shape index (κ1) is 32.7. The quantitative estimate of drug-likeness (QED) is 0.127. The van der Waals surface area contributed by atoms with Crippen LogP contribution in [0.4, 0.5) is 28.9 Å². The van der Waals surface area contributed by atoms with Crippen LogP contribution in [-0.4, -0.2) is 39.6 Å². The molecule has 45 heavy (non-hydrogen) atoms. The summed E-state index contributed by atoms with van der Waals surface area (Å²) in [5.74, 6) is -1.45. The van der Waals surface area contributed by atoms with Gasteiger partial charge in [0, 0.05) is 5.69 Å². The molecular weight excluding hydrogens is 616 g/mol. The van der Waals surface area contributed by atoms with Crippen molar-refractivity contribution < 1.29 is 40.3 Å². The van der Waals surface area contributed by atoms with Gasteiger partial charge in [-0.05, 0) is 91.3 Å². The van der Waals surface area contributed by atoms with Crippen molar-refractivity contribution in [2.45, 2.75) is 18.0 Å². The van der Waals surface area contributed by atoms with Crippen LogP contribution in [0.3, 0.4) is 0 Å². The smallest absolute Gasteiger partial charge is 0.416 e.